The van der Waals surface area contributed by atoms with Crippen molar-refractivity contribution in [2.45, 2.75) is 18.7 Å². The summed E-state index contributed by atoms with van der Waals surface area (Å²) in [6, 6.07) is 6.12. The maximum atomic E-state index is 4.27. The van der Waals surface area contributed by atoms with Crippen LogP contribution in [0.4, 0.5) is 0 Å². The standard InChI is InChI=1S/C8H10S.Al/c1-6-4-3-5-8(9)7(6)2;/h3-5,9H,1-2H3;. The minimum Gasteiger partial charge on any atom is -0.143 e. The van der Waals surface area contributed by atoms with Crippen LogP contribution in [0.15, 0.2) is 23.1 Å². The average molecular weight is 165 g/mol. The highest BCUT2D eigenvalue weighted by Crippen LogP contribution is 2.15. The Morgan fingerprint density at radius 1 is 1.20 bits per heavy atom. The predicted octanol–water partition coefficient (Wildman–Crippen LogP) is 2.21. The smallest absolute Gasteiger partial charge is 0.00718 e. The monoisotopic (exact) mass is 165 g/mol. The van der Waals surface area contributed by atoms with Crippen LogP contribution in [0.1, 0.15) is 11.1 Å². The fourth-order valence-electron chi connectivity index (χ4n) is 0.736. The van der Waals surface area contributed by atoms with Gasteiger partial charge in [0.15, 0.2) is 0 Å². The van der Waals surface area contributed by atoms with Crippen molar-refractivity contribution in [2.75, 3.05) is 0 Å². The lowest BCUT2D eigenvalue weighted by Gasteiger charge is -2.00. The molecule has 0 amide bonds. The summed E-state index contributed by atoms with van der Waals surface area (Å²) in [5.74, 6) is 0. The van der Waals surface area contributed by atoms with E-state index in [-0.39, 0.29) is 17.4 Å². The number of thiol groups is 1. The van der Waals surface area contributed by atoms with Gasteiger partial charge < -0.3 is 0 Å². The first kappa shape index (κ1) is 10.1. The Morgan fingerprint density at radius 3 is 2.20 bits per heavy atom. The van der Waals surface area contributed by atoms with Gasteiger partial charge in [0.1, 0.15) is 0 Å². The van der Waals surface area contributed by atoms with Gasteiger partial charge in [0.2, 0.25) is 0 Å². The van der Waals surface area contributed by atoms with Crippen LogP contribution < -0.4 is 0 Å². The van der Waals surface area contributed by atoms with Gasteiger partial charge in [-0.2, -0.15) is 0 Å². The molecule has 0 N–H and O–H groups in total. The quantitative estimate of drug-likeness (QED) is 0.442. The van der Waals surface area contributed by atoms with Crippen LogP contribution in [-0.2, 0) is 0 Å². The van der Waals surface area contributed by atoms with Crippen molar-refractivity contribution < 1.29 is 0 Å². The predicted molar refractivity (Wildman–Crippen MR) is 48.9 cm³/mol. The van der Waals surface area contributed by atoms with E-state index >= 15 is 0 Å². The molecule has 2 heteroatoms. The molecule has 0 aliphatic carbocycles. The molecule has 0 nitrogen and oxygen atoms in total. The van der Waals surface area contributed by atoms with Gasteiger partial charge in [-0.3, -0.25) is 0 Å². The fraction of sp³-hybridized carbons (Fsp3) is 0.250. The van der Waals surface area contributed by atoms with E-state index in [0.717, 1.165) is 4.90 Å². The van der Waals surface area contributed by atoms with E-state index in [0.29, 0.717) is 0 Å². The minimum atomic E-state index is 0. The summed E-state index contributed by atoms with van der Waals surface area (Å²) >= 11 is 4.27. The number of aryl methyl sites for hydroxylation is 1. The SMILES string of the molecule is Cc1cccc(S)c1C.[Al]. The summed E-state index contributed by atoms with van der Waals surface area (Å²) in [6.45, 7) is 4.17. The molecule has 0 unspecified atom stereocenters. The van der Waals surface area contributed by atoms with E-state index in [1.54, 1.807) is 0 Å². The van der Waals surface area contributed by atoms with Crippen LogP contribution in [0.25, 0.3) is 0 Å². The first-order valence-electron chi connectivity index (χ1n) is 2.97. The lowest BCUT2D eigenvalue weighted by atomic mass is 10.1. The van der Waals surface area contributed by atoms with Crippen molar-refractivity contribution in [3.63, 3.8) is 0 Å². The highest BCUT2D eigenvalue weighted by atomic mass is 32.1. The molecule has 0 saturated heterocycles. The number of rotatable bonds is 0. The topological polar surface area (TPSA) is 0 Å². The zero-order valence-electron chi connectivity index (χ0n) is 6.26. The Hall–Kier alpha value is 0.102. The summed E-state index contributed by atoms with van der Waals surface area (Å²) < 4.78 is 0. The Kier molecular flexibility index (Phi) is 4.12. The summed E-state index contributed by atoms with van der Waals surface area (Å²) in [6.07, 6.45) is 0. The highest BCUT2D eigenvalue weighted by Gasteiger charge is 1.92. The first-order chi connectivity index (χ1) is 4.22. The van der Waals surface area contributed by atoms with Crippen LogP contribution in [0.3, 0.4) is 0 Å². The summed E-state index contributed by atoms with van der Waals surface area (Å²) in [5, 5.41) is 0. The lowest BCUT2D eigenvalue weighted by Crippen LogP contribution is -1.79. The van der Waals surface area contributed by atoms with Crippen LogP contribution >= 0.6 is 12.6 Å². The van der Waals surface area contributed by atoms with Crippen molar-refractivity contribution in [1.29, 1.82) is 0 Å². The molecular weight excluding hydrogens is 155 g/mol. The number of hydrogen-bond donors (Lipinski definition) is 1. The Labute approximate surface area is 78.2 Å². The maximum absolute atomic E-state index is 4.27. The largest absolute Gasteiger partial charge is 0.143 e. The van der Waals surface area contributed by atoms with E-state index < -0.39 is 0 Å². The fourth-order valence-corrected chi connectivity index (χ4v) is 0.998. The second kappa shape index (κ2) is 4.08. The molecular formula is C8H10AlS. The number of hydrogen-bond acceptors (Lipinski definition) is 1. The second-order valence-corrected chi connectivity index (χ2v) is 2.70. The molecule has 1 aromatic carbocycles. The molecule has 0 heterocycles. The van der Waals surface area contributed by atoms with Gasteiger partial charge in [-0.1, -0.05) is 12.1 Å². The third-order valence-corrected chi connectivity index (χ3v) is 2.06. The molecule has 0 atom stereocenters. The van der Waals surface area contributed by atoms with E-state index in [4.69, 9.17) is 0 Å². The molecule has 0 fully saturated rings. The van der Waals surface area contributed by atoms with Gasteiger partial charge >= 0.3 is 0 Å². The van der Waals surface area contributed by atoms with Crippen LogP contribution in [-0.4, -0.2) is 17.4 Å². The van der Waals surface area contributed by atoms with Crippen molar-refractivity contribution in [3.05, 3.63) is 29.3 Å². The normalized spacial score (nSPS) is 8.70. The molecule has 3 radical (unpaired) electrons. The lowest BCUT2D eigenvalue weighted by molar-refractivity contribution is 1.24. The highest BCUT2D eigenvalue weighted by molar-refractivity contribution is 7.80. The van der Waals surface area contributed by atoms with Gasteiger partial charge in [-0.25, -0.2) is 0 Å². The summed E-state index contributed by atoms with van der Waals surface area (Å²) in [7, 11) is 0. The molecule has 0 aliphatic rings. The first-order valence-corrected chi connectivity index (χ1v) is 3.41. The Morgan fingerprint density at radius 2 is 1.80 bits per heavy atom. The molecule has 0 aromatic heterocycles. The van der Waals surface area contributed by atoms with Gasteiger partial charge in [0.05, 0.1) is 0 Å². The van der Waals surface area contributed by atoms with E-state index in [1.807, 2.05) is 12.1 Å². The molecule has 51 valence electrons. The molecule has 0 saturated carbocycles. The number of benzene rings is 1. The van der Waals surface area contributed by atoms with E-state index in [9.17, 15) is 0 Å². The third kappa shape index (κ3) is 2.06. The minimum absolute atomic E-state index is 0. The average Bonchev–Trinajstić information content (AvgIpc) is 1.83. The van der Waals surface area contributed by atoms with Crippen molar-refractivity contribution >= 4 is 30.0 Å². The molecule has 1 rings (SSSR count). The zero-order valence-corrected chi connectivity index (χ0v) is 8.31. The van der Waals surface area contributed by atoms with E-state index in [2.05, 4.69) is 32.5 Å². The molecule has 0 aliphatic heterocycles. The van der Waals surface area contributed by atoms with Crippen LogP contribution in [0.2, 0.25) is 0 Å². The Bertz CT molecular complexity index is 200. The molecule has 1 aromatic rings. The second-order valence-electron chi connectivity index (χ2n) is 2.22. The molecule has 0 bridgehead atoms. The summed E-state index contributed by atoms with van der Waals surface area (Å²) in [5.41, 5.74) is 2.59. The summed E-state index contributed by atoms with van der Waals surface area (Å²) in [4.78, 5) is 1.08. The van der Waals surface area contributed by atoms with Crippen LogP contribution in [0.5, 0.6) is 0 Å². The third-order valence-electron chi connectivity index (χ3n) is 1.58. The van der Waals surface area contributed by atoms with Crippen molar-refractivity contribution in [2.24, 2.45) is 0 Å². The van der Waals surface area contributed by atoms with Crippen LogP contribution in [0, 0.1) is 13.8 Å². The van der Waals surface area contributed by atoms with Gasteiger partial charge in [-0.15, -0.1) is 12.6 Å². The maximum Gasteiger partial charge on any atom is 0.00718 e. The van der Waals surface area contributed by atoms with Gasteiger partial charge in [0, 0.05) is 22.3 Å². The van der Waals surface area contributed by atoms with Gasteiger partial charge in [-0.05, 0) is 31.0 Å². The van der Waals surface area contributed by atoms with Crippen molar-refractivity contribution in [1.82, 2.24) is 0 Å². The molecule has 10 heavy (non-hydrogen) atoms. The zero-order chi connectivity index (χ0) is 6.85. The van der Waals surface area contributed by atoms with Crippen molar-refractivity contribution in [3.8, 4) is 0 Å². The van der Waals surface area contributed by atoms with E-state index in [1.165, 1.54) is 11.1 Å². The van der Waals surface area contributed by atoms with Gasteiger partial charge in [0.25, 0.3) is 0 Å². The Balaban J connectivity index is 0.000000810. The molecule has 0 spiro atoms.